The molecule has 0 amide bonds. The number of aromatic nitrogens is 2. The standard InChI is InChI=1S/C15H17BrClN3/c1-9-15(16)10(2)20(19-9)14-5-3-4-13(17)12(14)8-18-11-6-7-11/h3-5,11,18H,6-8H2,1-2H3. The first-order valence-electron chi connectivity index (χ1n) is 6.81. The second-order valence-corrected chi connectivity index (χ2v) is 6.49. The maximum absolute atomic E-state index is 6.39. The molecule has 1 aromatic carbocycles. The number of benzene rings is 1. The Kier molecular flexibility index (Phi) is 3.89. The van der Waals surface area contributed by atoms with Gasteiger partial charge >= 0.3 is 0 Å². The molecule has 0 unspecified atom stereocenters. The number of hydrogen-bond donors (Lipinski definition) is 1. The molecule has 3 nitrogen and oxygen atoms in total. The minimum atomic E-state index is 0.659. The third kappa shape index (κ3) is 2.65. The second-order valence-electron chi connectivity index (χ2n) is 5.29. The number of rotatable bonds is 4. The minimum absolute atomic E-state index is 0.659. The Morgan fingerprint density at radius 3 is 2.75 bits per heavy atom. The van der Waals surface area contributed by atoms with Crippen molar-refractivity contribution in [3.8, 4) is 5.69 Å². The summed E-state index contributed by atoms with van der Waals surface area (Å²) in [7, 11) is 0. The van der Waals surface area contributed by atoms with Crippen molar-refractivity contribution in [1.29, 1.82) is 0 Å². The largest absolute Gasteiger partial charge is 0.310 e. The summed E-state index contributed by atoms with van der Waals surface area (Å²) in [5.74, 6) is 0. The van der Waals surface area contributed by atoms with Gasteiger partial charge in [0.25, 0.3) is 0 Å². The second kappa shape index (κ2) is 5.51. The highest BCUT2D eigenvalue weighted by Crippen LogP contribution is 2.29. The third-order valence-electron chi connectivity index (χ3n) is 3.67. The van der Waals surface area contributed by atoms with E-state index in [1.165, 1.54) is 12.8 Å². The van der Waals surface area contributed by atoms with E-state index in [4.69, 9.17) is 11.6 Å². The van der Waals surface area contributed by atoms with E-state index < -0.39 is 0 Å². The molecule has 1 aromatic heterocycles. The van der Waals surface area contributed by atoms with E-state index in [0.717, 1.165) is 38.7 Å². The molecule has 20 heavy (non-hydrogen) atoms. The molecule has 1 aliphatic carbocycles. The predicted molar refractivity (Wildman–Crippen MR) is 85.6 cm³/mol. The van der Waals surface area contributed by atoms with Gasteiger partial charge in [0.05, 0.1) is 21.5 Å². The van der Waals surface area contributed by atoms with Crippen LogP contribution in [0.15, 0.2) is 22.7 Å². The lowest BCUT2D eigenvalue weighted by Crippen LogP contribution is -2.17. The van der Waals surface area contributed by atoms with Crippen LogP contribution in [0.5, 0.6) is 0 Å². The van der Waals surface area contributed by atoms with Crippen molar-refractivity contribution in [2.75, 3.05) is 0 Å². The fraction of sp³-hybridized carbons (Fsp3) is 0.400. The van der Waals surface area contributed by atoms with Crippen LogP contribution < -0.4 is 5.32 Å². The highest BCUT2D eigenvalue weighted by Gasteiger charge is 2.22. The average Bonchev–Trinajstić information content (AvgIpc) is 3.21. The summed E-state index contributed by atoms with van der Waals surface area (Å²) in [5, 5.41) is 8.93. The lowest BCUT2D eigenvalue weighted by atomic mass is 10.1. The van der Waals surface area contributed by atoms with Crippen molar-refractivity contribution >= 4 is 27.5 Å². The fourth-order valence-corrected chi connectivity index (χ4v) is 2.80. The van der Waals surface area contributed by atoms with E-state index in [9.17, 15) is 0 Å². The van der Waals surface area contributed by atoms with Gasteiger partial charge in [-0.25, -0.2) is 4.68 Å². The molecule has 0 aliphatic heterocycles. The van der Waals surface area contributed by atoms with Crippen molar-refractivity contribution in [3.63, 3.8) is 0 Å². The monoisotopic (exact) mass is 353 g/mol. The van der Waals surface area contributed by atoms with Crippen LogP contribution in [0.2, 0.25) is 5.02 Å². The lowest BCUT2D eigenvalue weighted by molar-refractivity contribution is 0.679. The first kappa shape index (κ1) is 14.1. The van der Waals surface area contributed by atoms with Crippen LogP contribution in [0.25, 0.3) is 5.69 Å². The molecule has 1 N–H and O–H groups in total. The van der Waals surface area contributed by atoms with Crippen molar-refractivity contribution in [1.82, 2.24) is 15.1 Å². The molecule has 5 heteroatoms. The lowest BCUT2D eigenvalue weighted by Gasteiger charge is -2.13. The Labute approximate surface area is 132 Å². The summed E-state index contributed by atoms with van der Waals surface area (Å²) in [6, 6.07) is 6.64. The number of hydrogen-bond acceptors (Lipinski definition) is 2. The Morgan fingerprint density at radius 2 is 2.15 bits per heavy atom. The van der Waals surface area contributed by atoms with Gasteiger partial charge in [-0.15, -0.1) is 0 Å². The summed E-state index contributed by atoms with van der Waals surface area (Å²) >= 11 is 9.97. The first-order chi connectivity index (χ1) is 9.58. The van der Waals surface area contributed by atoms with E-state index in [2.05, 4.69) is 39.3 Å². The summed E-state index contributed by atoms with van der Waals surface area (Å²) in [4.78, 5) is 0. The van der Waals surface area contributed by atoms with Gasteiger partial charge in [0.2, 0.25) is 0 Å². The summed E-state index contributed by atoms with van der Waals surface area (Å²) in [6.45, 7) is 4.85. The topological polar surface area (TPSA) is 29.9 Å². The minimum Gasteiger partial charge on any atom is -0.310 e. The molecule has 2 aromatic rings. The van der Waals surface area contributed by atoms with Gasteiger partial charge in [-0.05, 0) is 54.8 Å². The molecule has 0 saturated heterocycles. The molecule has 1 saturated carbocycles. The molecule has 1 heterocycles. The predicted octanol–water partition coefficient (Wildman–Crippen LogP) is 4.16. The third-order valence-corrected chi connectivity index (χ3v) is 5.17. The highest BCUT2D eigenvalue weighted by atomic mass is 79.9. The molecular weight excluding hydrogens is 338 g/mol. The van der Waals surface area contributed by atoms with E-state index in [0.29, 0.717) is 6.04 Å². The molecule has 106 valence electrons. The van der Waals surface area contributed by atoms with Crippen LogP contribution >= 0.6 is 27.5 Å². The number of aryl methyl sites for hydroxylation is 1. The number of nitrogens with zero attached hydrogens (tertiary/aromatic N) is 2. The normalized spacial score (nSPS) is 14.8. The van der Waals surface area contributed by atoms with Gasteiger partial charge in [0.1, 0.15) is 0 Å². The zero-order valence-electron chi connectivity index (χ0n) is 11.6. The summed E-state index contributed by atoms with van der Waals surface area (Å²) in [6.07, 6.45) is 2.54. The Balaban J connectivity index is 2.02. The maximum Gasteiger partial charge on any atom is 0.0743 e. The molecule has 0 spiro atoms. The van der Waals surface area contributed by atoms with Crippen molar-refractivity contribution in [2.24, 2.45) is 0 Å². The first-order valence-corrected chi connectivity index (χ1v) is 7.98. The Morgan fingerprint density at radius 1 is 1.40 bits per heavy atom. The van der Waals surface area contributed by atoms with E-state index >= 15 is 0 Å². The molecule has 3 rings (SSSR count). The van der Waals surface area contributed by atoms with Crippen molar-refractivity contribution in [3.05, 3.63) is 44.6 Å². The van der Waals surface area contributed by atoms with Crippen molar-refractivity contribution in [2.45, 2.75) is 39.3 Å². The number of nitrogens with one attached hydrogen (secondary N) is 1. The summed E-state index contributed by atoms with van der Waals surface area (Å²) in [5.41, 5.74) is 4.25. The van der Waals surface area contributed by atoms with Crippen LogP contribution in [-0.2, 0) is 6.54 Å². The van der Waals surface area contributed by atoms with Gasteiger partial charge in [-0.2, -0.15) is 5.10 Å². The molecule has 0 radical (unpaired) electrons. The van der Waals surface area contributed by atoms with Crippen LogP contribution in [0.4, 0.5) is 0 Å². The highest BCUT2D eigenvalue weighted by molar-refractivity contribution is 9.10. The van der Waals surface area contributed by atoms with Crippen LogP contribution in [-0.4, -0.2) is 15.8 Å². The van der Waals surface area contributed by atoms with Crippen LogP contribution in [0.1, 0.15) is 29.8 Å². The van der Waals surface area contributed by atoms with E-state index in [1.54, 1.807) is 0 Å². The molecular formula is C15H17BrClN3. The SMILES string of the molecule is Cc1nn(-c2cccc(Cl)c2CNC2CC2)c(C)c1Br. The maximum atomic E-state index is 6.39. The van der Waals surface area contributed by atoms with Crippen molar-refractivity contribution < 1.29 is 0 Å². The van der Waals surface area contributed by atoms with Gasteiger partial charge < -0.3 is 5.32 Å². The molecule has 0 bridgehead atoms. The van der Waals surface area contributed by atoms with Crippen LogP contribution in [0, 0.1) is 13.8 Å². The van der Waals surface area contributed by atoms with Gasteiger partial charge in [0.15, 0.2) is 0 Å². The van der Waals surface area contributed by atoms with E-state index in [-0.39, 0.29) is 0 Å². The van der Waals surface area contributed by atoms with Gasteiger partial charge in [-0.3, -0.25) is 0 Å². The molecule has 0 atom stereocenters. The van der Waals surface area contributed by atoms with Gasteiger partial charge in [-0.1, -0.05) is 17.7 Å². The van der Waals surface area contributed by atoms with Gasteiger partial charge in [0, 0.05) is 23.2 Å². The quantitative estimate of drug-likeness (QED) is 0.893. The number of halogens is 2. The molecule has 1 aliphatic rings. The Hall–Kier alpha value is -0.840. The fourth-order valence-electron chi connectivity index (χ4n) is 2.31. The zero-order valence-corrected chi connectivity index (χ0v) is 13.9. The molecule has 1 fully saturated rings. The zero-order chi connectivity index (χ0) is 14.3. The summed E-state index contributed by atoms with van der Waals surface area (Å²) < 4.78 is 3.02. The average molecular weight is 355 g/mol. The van der Waals surface area contributed by atoms with E-state index in [1.807, 2.05) is 23.7 Å². The Bertz CT molecular complexity index is 647. The smallest absolute Gasteiger partial charge is 0.0743 e. The van der Waals surface area contributed by atoms with Crippen LogP contribution in [0.3, 0.4) is 0 Å².